The molecule has 0 heterocycles. The Balaban J connectivity index is 2.38. The topological polar surface area (TPSA) is 53.2 Å². The highest BCUT2D eigenvalue weighted by molar-refractivity contribution is 5.50. The second-order valence-corrected chi connectivity index (χ2v) is 4.91. The fourth-order valence-electron chi connectivity index (χ4n) is 2.21. The van der Waals surface area contributed by atoms with Gasteiger partial charge in [-0.2, -0.15) is 5.26 Å². The van der Waals surface area contributed by atoms with Gasteiger partial charge in [0.05, 0.1) is 18.2 Å². The second-order valence-electron chi connectivity index (χ2n) is 4.91. The Kier molecular flexibility index (Phi) is 4.07. The molecule has 0 atom stereocenters. The molecule has 0 radical (unpaired) electrons. The van der Waals surface area contributed by atoms with Gasteiger partial charge in [-0.05, 0) is 61.2 Å². The zero-order valence-corrected chi connectivity index (χ0v) is 11.9. The van der Waals surface area contributed by atoms with E-state index < -0.39 is 0 Å². The maximum atomic E-state index is 9.12. The highest BCUT2D eigenvalue weighted by atomic mass is 16.5. The fourth-order valence-corrected chi connectivity index (χ4v) is 2.21. The van der Waals surface area contributed by atoms with E-state index in [1.165, 1.54) is 0 Å². The molecule has 2 rings (SSSR count). The molecule has 0 aliphatic heterocycles. The van der Waals surface area contributed by atoms with Gasteiger partial charge in [-0.15, -0.1) is 0 Å². The monoisotopic (exact) mass is 267 g/mol. The third-order valence-electron chi connectivity index (χ3n) is 3.22. The molecule has 3 heteroatoms. The largest absolute Gasteiger partial charge is 0.457 e. The van der Waals surface area contributed by atoms with Crippen LogP contribution in [-0.4, -0.2) is 5.11 Å². The van der Waals surface area contributed by atoms with Gasteiger partial charge in [0.25, 0.3) is 0 Å². The van der Waals surface area contributed by atoms with Crippen molar-refractivity contribution in [3.63, 3.8) is 0 Å². The summed E-state index contributed by atoms with van der Waals surface area (Å²) in [6, 6.07) is 11.4. The zero-order chi connectivity index (χ0) is 14.7. The SMILES string of the molecule is Cc1cc(CO)ccc1Oc1c(C)cc(C#N)cc1C. The fraction of sp³-hybridized carbons (Fsp3) is 0.235. The lowest BCUT2D eigenvalue weighted by Gasteiger charge is -2.14. The van der Waals surface area contributed by atoms with Crippen LogP contribution in [0.25, 0.3) is 0 Å². The minimum Gasteiger partial charge on any atom is -0.457 e. The predicted octanol–water partition coefficient (Wildman–Crippen LogP) is 3.77. The van der Waals surface area contributed by atoms with Crippen molar-refractivity contribution >= 4 is 0 Å². The van der Waals surface area contributed by atoms with Crippen molar-refractivity contribution in [1.29, 1.82) is 5.26 Å². The van der Waals surface area contributed by atoms with Crippen LogP contribution in [0.3, 0.4) is 0 Å². The van der Waals surface area contributed by atoms with Crippen molar-refractivity contribution in [2.75, 3.05) is 0 Å². The highest BCUT2D eigenvalue weighted by Gasteiger charge is 2.09. The van der Waals surface area contributed by atoms with Gasteiger partial charge < -0.3 is 9.84 Å². The molecule has 20 heavy (non-hydrogen) atoms. The summed E-state index contributed by atoms with van der Waals surface area (Å²) in [6.45, 7) is 5.83. The van der Waals surface area contributed by atoms with Crippen LogP contribution in [0, 0.1) is 32.1 Å². The third kappa shape index (κ3) is 2.81. The summed E-state index contributed by atoms with van der Waals surface area (Å²) in [6.07, 6.45) is 0. The molecule has 0 unspecified atom stereocenters. The van der Waals surface area contributed by atoms with E-state index in [0.717, 1.165) is 33.8 Å². The molecule has 3 nitrogen and oxygen atoms in total. The van der Waals surface area contributed by atoms with Gasteiger partial charge >= 0.3 is 0 Å². The minimum absolute atomic E-state index is 0.0239. The van der Waals surface area contributed by atoms with E-state index in [-0.39, 0.29) is 6.61 Å². The van der Waals surface area contributed by atoms with Crippen LogP contribution in [0.1, 0.15) is 27.8 Å². The maximum Gasteiger partial charge on any atom is 0.133 e. The highest BCUT2D eigenvalue weighted by Crippen LogP contribution is 2.31. The zero-order valence-electron chi connectivity index (χ0n) is 11.9. The Bertz CT molecular complexity index is 661. The quantitative estimate of drug-likeness (QED) is 0.921. The maximum absolute atomic E-state index is 9.12. The molecular formula is C17H17NO2. The molecule has 2 aromatic rings. The van der Waals surface area contributed by atoms with Crippen molar-refractivity contribution < 1.29 is 9.84 Å². The average Bonchev–Trinajstić information content (AvgIpc) is 2.43. The van der Waals surface area contributed by atoms with E-state index in [2.05, 4.69) is 6.07 Å². The van der Waals surface area contributed by atoms with Crippen LogP contribution < -0.4 is 4.74 Å². The molecule has 0 bridgehead atoms. The van der Waals surface area contributed by atoms with E-state index in [1.54, 1.807) is 0 Å². The van der Waals surface area contributed by atoms with Crippen molar-refractivity contribution in [1.82, 2.24) is 0 Å². The first-order chi connectivity index (χ1) is 9.55. The number of hydrogen-bond acceptors (Lipinski definition) is 3. The molecule has 0 spiro atoms. The van der Waals surface area contributed by atoms with Crippen LogP contribution >= 0.6 is 0 Å². The number of benzene rings is 2. The van der Waals surface area contributed by atoms with Gasteiger partial charge in [-0.3, -0.25) is 0 Å². The molecule has 2 aromatic carbocycles. The van der Waals surface area contributed by atoms with E-state index in [9.17, 15) is 0 Å². The molecule has 0 aliphatic rings. The minimum atomic E-state index is 0.0239. The van der Waals surface area contributed by atoms with Crippen molar-refractivity contribution in [2.45, 2.75) is 27.4 Å². The summed E-state index contributed by atoms with van der Waals surface area (Å²) in [5.74, 6) is 1.54. The number of aliphatic hydroxyl groups excluding tert-OH is 1. The Labute approximate surface area is 119 Å². The molecule has 0 aliphatic carbocycles. The first-order valence-corrected chi connectivity index (χ1v) is 6.44. The van der Waals surface area contributed by atoms with Gasteiger partial charge in [-0.25, -0.2) is 0 Å². The molecule has 1 N–H and O–H groups in total. The molecule has 0 saturated heterocycles. The number of hydrogen-bond donors (Lipinski definition) is 1. The van der Waals surface area contributed by atoms with Gasteiger partial charge in [-0.1, -0.05) is 12.1 Å². The Hall–Kier alpha value is -2.31. The third-order valence-corrected chi connectivity index (χ3v) is 3.22. The lowest BCUT2D eigenvalue weighted by atomic mass is 10.1. The van der Waals surface area contributed by atoms with E-state index >= 15 is 0 Å². The Morgan fingerprint density at radius 3 is 2.20 bits per heavy atom. The molecule has 0 amide bonds. The van der Waals surface area contributed by atoms with Crippen LogP contribution in [0.5, 0.6) is 11.5 Å². The van der Waals surface area contributed by atoms with Crippen LogP contribution in [0.2, 0.25) is 0 Å². The summed E-state index contributed by atoms with van der Waals surface area (Å²) in [5, 5.41) is 18.1. The van der Waals surface area contributed by atoms with Crippen molar-refractivity contribution in [3.05, 3.63) is 58.1 Å². The molecule has 102 valence electrons. The molecular weight excluding hydrogens is 250 g/mol. The first kappa shape index (κ1) is 14.1. The number of nitriles is 1. The number of nitrogens with zero attached hydrogens (tertiary/aromatic N) is 1. The number of aliphatic hydroxyl groups is 1. The summed E-state index contributed by atoms with van der Waals surface area (Å²) in [7, 11) is 0. The smallest absolute Gasteiger partial charge is 0.133 e. The molecule has 0 fully saturated rings. The average molecular weight is 267 g/mol. The normalized spacial score (nSPS) is 10.2. The number of aryl methyl sites for hydroxylation is 3. The van der Waals surface area contributed by atoms with Gasteiger partial charge in [0, 0.05) is 0 Å². The predicted molar refractivity (Wildman–Crippen MR) is 77.8 cm³/mol. The first-order valence-electron chi connectivity index (χ1n) is 6.44. The van der Waals surface area contributed by atoms with E-state index in [4.69, 9.17) is 15.1 Å². The standard InChI is InChI=1S/C17H17NO2/c1-11-6-14(10-19)4-5-16(11)20-17-12(2)7-15(9-18)8-13(17)3/h4-8,19H,10H2,1-3H3. The van der Waals surface area contributed by atoms with Crippen LogP contribution in [0.15, 0.2) is 30.3 Å². The summed E-state index contributed by atoms with van der Waals surface area (Å²) in [5.41, 5.74) is 4.35. The lowest BCUT2D eigenvalue weighted by molar-refractivity contribution is 0.281. The molecule has 0 saturated carbocycles. The summed E-state index contributed by atoms with van der Waals surface area (Å²) >= 11 is 0. The Morgan fingerprint density at radius 2 is 1.70 bits per heavy atom. The van der Waals surface area contributed by atoms with Crippen molar-refractivity contribution in [3.8, 4) is 17.6 Å². The van der Waals surface area contributed by atoms with Crippen LogP contribution in [0.4, 0.5) is 0 Å². The van der Waals surface area contributed by atoms with Gasteiger partial charge in [0.15, 0.2) is 0 Å². The van der Waals surface area contributed by atoms with E-state index in [0.29, 0.717) is 5.56 Å². The van der Waals surface area contributed by atoms with Gasteiger partial charge in [0.1, 0.15) is 11.5 Å². The second kappa shape index (κ2) is 5.77. The van der Waals surface area contributed by atoms with Gasteiger partial charge in [0.2, 0.25) is 0 Å². The van der Waals surface area contributed by atoms with Crippen LogP contribution in [-0.2, 0) is 6.61 Å². The molecule has 0 aromatic heterocycles. The summed E-state index contributed by atoms with van der Waals surface area (Å²) < 4.78 is 5.98. The Morgan fingerprint density at radius 1 is 1.05 bits per heavy atom. The summed E-state index contributed by atoms with van der Waals surface area (Å²) in [4.78, 5) is 0. The number of ether oxygens (including phenoxy) is 1. The van der Waals surface area contributed by atoms with Crippen molar-refractivity contribution in [2.24, 2.45) is 0 Å². The number of rotatable bonds is 3. The lowest BCUT2D eigenvalue weighted by Crippen LogP contribution is -1.95. The van der Waals surface area contributed by atoms with E-state index in [1.807, 2.05) is 51.1 Å².